The van der Waals surface area contributed by atoms with E-state index >= 15 is 0 Å². The number of aryl methyl sites for hydroxylation is 1. The molecule has 0 bridgehead atoms. The number of carbonyl (C=O) groups is 1. The Morgan fingerprint density at radius 3 is 2.42 bits per heavy atom. The lowest BCUT2D eigenvalue weighted by atomic mass is 10.1. The average Bonchev–Trinajstić information content (AvgIpc) is 2.95. The van der Waals surface area contributed by atoms with Gasteiger partial charge in [-0.3, -0.25) is 4.57 Å². The maximum atomic E-state index is 13.1. The number of hydrogen-bond acceptors (Lipinski definition) is 4. The Kier molecular flexibility index (Phi) is 4.61. The van der Waals surface area contributed by atoms with Crippen LogP contribution in [0.5, 0.6) is 0 Å². The highest BCUT2D eigenvalue weighted by Crippen LogP contribution is 2.25. The molecule has 1 heterocycles. The number of hydrogen-bond donors (Lipinski definition) is 1. The van der Waals surface area contributed by atoms with Gasteiger partial charge in [0.1, 0.15) is 11.6 Å². The monoisotopic (exact) mass is 343 g/mol. The maximum Gasteiger partial charge on any atom is 0.335 e. The lowest BCUT2D eigenvalue weighted by Gasteiger charge is -2.08. The van der Waals surface area contributed by atoms with Gasteiger partial charge >= 0.3 is 5.97 Å². The summed E-state index contributed by atoms with van der Waals surface area (Å²) in [4.78, 5) is 10.9. The number of carboxylic acids is 1. The molecule has 1 aromatic heterocycles. The summed E-state index contributed by atoms with van der Waals surface area (Å²) in [5, 5.41) is 17.9. The molecule has 2 aromatic carbocycles. The summed E-state index contributed by atoms with van der Waals surface area (Å²) in [6.45, 7) is 1.84. The molecule has 0 aliphatic heterocycles. The number of carboxylic acid groups (broad SMARTS) is 1. The van der Waals surface area contributed by atoms with Gasteiger partial charge in [-0.1, -0.05) is 23.9 Å². The van der Waals surface area contributed by atoms with Gasteiger partial charge in [-0.15, -0.1) is 10.2 Å². The third kappa shape index (κ3) is 3.46. The van der Waals surface area contributed by atoms with Gasteiger partial charge in [0.15, 0.2) is 5.16 Å². The molecule has 0 unspecified atom stereocenters. The second-order valence-corrected chi connectivity index (χ2v) is 6.07. The summed E-state index contributed by atoms with van der Waals surface area (Å²) >= 11 is 1.48. The van der Waals surface area contributed by atoms with Crippen molar-refractivity contribution in [2.45, 2.75) is 17.8 Å². The standard InChI is InChI=1S/C17H14FN3O2S/c1-11-19-20-17(21(11)15-8-6-14(18)7-9-15)24-10-12-2-4-13(5-3-12)16(22)23/h2-9H,10H2,1H3,(H,22,23). The minimum atomic E-state index is -0.944. The molecule has 3 rings (SSSR count). The predicted molar refractivity (Wildman–Crippen MR) is 89.0 cm³/mol. The molecular formula is C17H14FN3O2S. The summed E-state index contributed by atoms with van der Waals surface area (Å²) in [6.07, 6.45) is 0. The minimum Gasteiger partial charge on any atom is -0.478 e. The van der Waals surface area contributed by atoms with E-state index in [1.807, 2.05) is 11.5 Å². The Balaban J connectivity index is 1.78. The Bertz CT molecular complexity index is 861. The average molecular weight is 343 g/mol. The molecule has 122 valence electrons. The van der Waals surface area contributed by atoms with Crippen molar-refractivity contribution in [3.8, 4) is 5.69 Å². The molecule has 0 radical (unpaired) electrons. The van der Waals surface area contributed by atoms with Gasteiger partial charge in [-0.2, -0.15) is 0 Å². The molecule has 0 fully saturated rings. The molecular weight excluding hydrogens is 329 g/mol. The van der Waals surface area contributed by atoms with Crippen LogP contribution in [0, 0.1) is 12.7 Å². The number of benzene rings is 2. The van der Waals surface area contributed by atoms with Crippen LogP contribution in [0.1, 0.15) is 21.7 Å². The van der Waals surface area contributed by atoms with Crippen LogP contribution in [0.25, 0.3) is 5.69 Å². The fourth-order valence-corrected chi connectivity index (χ4v) is 3.17. The molecule has 0 aliphatic carbocycles. The topological polar surface area (TPSA) is 68.0 Å². The fourth-order valence-electron chi connectivity index (χ4n) is 2.22. The Morgan fingerprint density at radius 2 is 1.79 bits per heavy atom. The molecule has 1 N–H and O–H groups in total. The van der Waals surface area contributed by atoms with E-state index in [2.05, 4.69) is 10.2 Å². The fraction of sp³-hybridized carbons (Fsp3) is 0.118. The van der Waals surface area contributed by atoms with Crippen LogP contribution in [0.2, 0.25) is 0 Å². The lowest BCUT2D eigenvalue weighted by Crippen LogP contribution is -1.99. The summed E-state index contributed by atoms with van der Waals surface area (Å²) in [7, 11) is 0. The third-order valence-electron chi connectivity index (χ3n) is 3.45. The molecule has 0 saturated heterocycles. The maximum absolute atomic E-state index is 13.1. The Labute approximate surface area is 142 Å². The van der Waals surface area contributed by atoms with Gasteiger partial charge in [0, 0.05) is 11.4 Å². The van der Waals surface area contributed by atoms with E-state index in [1.54, 1.807) is 36.4 Å². The van der Waals surface area contributed by atoms with Gasteiger partial charge in [-0.25, -0.2) is 9.18 Å². The van der Waals surface area contributed by atoms with Crippen LogP contribution in [0.4, 0.5) is 4.39 Å². The number of aromatic nitrogens is 3. The molecule has 24 heavy (non-hydrogen) atoms. The van der Waals surface area contributed by atoms with Crippen molar-refractivity contribution in [1.29, 1.82) is 0 Å². The quantitative estimate of drug-likeness (QED) is 0.715. The van der Waals surface area contributed by atoms with E-state index in [4.69, 9.17) is 5.11 Å². The van der Waals surface area contributed by atoms with Crippen molar-refractivity contribution in [3.63, 3.8) is 0 Å². The summed E-state index contributed by atoms with van der Waals surface area (Å²) in [5.74, 6) is 0.0996. The second kappa shape index (κ2) is 6.84. The van der Waals surface area contributed by atoms with Crippen LogP contribution in [-0.4, -0.2) is 25.8 Å². The molecule has 0 amide bonds. The highest BCUT2D eigenvalue weighted by Gasteiger charge is 2.12. The number of rotatable bonds is 5. The zero-order valence-corrected chi connectivity index (χ0v) is 13.6. The first-order valence-corrected chi connectivity index (χ1v) is 8.16. The molecule has 3 aromatic rings. The van der Waals surface area contributed by atoms with E-state index in [9.17, 15) is 9.18 Å². The smallest absolute Gasteiger partial charge is 0.335 e. The third-order valence-corrected chi connectivity index (χ3v) is 4.45. The molecule has 0 spiro atoms. The molecule has 7 heteroatoms. The first-order chi connectivity index (χ1) is 11.5. The van der Waals surface area contributed by atoms with Crippen molar-refractivity contribution in [1.82, 2.24) is 14.8 Å². The van der Waals surface area contributed by atoms with E-state index in [0.29, 0.717) is 16.7 Å². The zero-order valence-electron chi connectivity index (χ0n) is 12.8. The van der Waals surface area contributed by atoms with Crippen LogP contribution in [-0.2, 0) is 5.75 Å². The zero-order chi connectivity index (χ0) is 17.1. The highest BCUT2D eigenvalue weighted by atomic mass is 32.2. The summed E-state index contributed by atoms with van der Waals surface area (Å²) in [5.41, 5.74) is 2.04. The lowest BCUT2D eigenvalue weighted by molar-refractivity contribution is 0.0697. The first-order valence-electron chi connectivity index (χ1n) is 7.17. The van der Waals surface area contributed by atoms with Gasteiger partial charge in [0.2, 0.25) is 0 Å². The van der Waals surface area contributed by atoms with E-state index < -0.39 is 5.97 Å². The number of aromatic carboxylic acids is 1. The minimum absolute atomic E-state index is 0.258. The van der Waals surface area contributed by atoms with Crippen LogP contribution >= 0.6 is 11.8 Å². The Hall–Kier alpha value is -2.67. The first kappa shape index (κ1) is 16.2. The number of nitrogens with zero attached hydrogens (tertiary/aromatic N) is 3. The molecule has 0 aliphatic rings. The summed E-state index contributed by atoms with van der Waals surface area (Å²) in [6, 6.07) is 12.9. The summed E-state index contributed by atoms with van der Waals surface area (Å²) < 4.78 is 15.0. The van der Waals surface area contributed by atoms with Gasteiger partial charge in [0.25, 0.3) is 0 Å². The van der Waals surface area contributed by atoms with Gasteiger partial charge < -0.3 is 5.11 Å². The predicted octanol–water partition coefficient (Wildman–Crippen LogP) is 3.71. The van der Waals surface area contributed by atoms with E-state index in [-0.39, 0.29) is 11.4 Å². The van der Waals surface area contributed by atoms with Crippen molar-refractivity contribution in [3.05, 3.63) is 71.3 Å². The van der Waals surface area contributed by atoms with Crippen LogP contribution in [0.3, 0.4) is 0 Å². The van der Waals surface area contributed by atoms with E-state index in [1.165, 1.54) is 23.9 Å². The van der Waals surface area contributed by atoms with Crippen molar-refractivity contribution in [2.75, 3.05) is 0 Å². The van der Waals surface area contributed by atoms with Crippen LogP contribution < -0.4 is 0 Å². The van der Waals surface area contributed by atoms with Crippen molar-refractivity contribution < 1.29 is 14.3 Å². The Morgan fingerprint density at radius 1 is 1.12 bits per heavy atom. The molecule has 5 nitrogen and oxygen atoms in total. The van der Waals surface area contributed by atoms with Gasteiger partial charge in [-0.05, 0) is 48.9 Å². The normalized spacial score (nSPS) is 10.8. The van der Waals surface area contributed by atoms with E-state index in [0.717, 1.165) is 11.3 Å². The van der Waals surface area contributed by atoms with Gasteiger partial charge in [0.05, 0.1) is 5.56 Å². The largest absolute Gasteiger partial charge is 0.478 e. The number of thioether (sulfide) groups is 1. The molecule has 0 atom stereocenters. The molecule has 0 saturated carbocycles. The second-order valence-electron chi connectivity index (χ2n) is 5.13. The SMILES string of the molecule is Cc1nnc(SCc2ccc(C(=O)O)cc2)n1-c1ccc(F)cc1. The van der Waals surface area contributed by atoms with Crippen molar-refractivity contribution >= 4 is 17.7 Å². The number of halogens is 1. The highest BCUT2D eigenvalue weighted by molar-refractivity contribution is 7.98. The van der Waals surface area contributed by atoms with Crippen LogP contribution in [0.15, 0.2) is 53.7 Å². The van der Waals surface area contributed by atoms with Crippen molar-refractivity contribution in [2.24, 2.45) is 0 Å².